The number of methoxy groups -OCH3 is 1. The fourth-order valence-corrected chi connectivity index (χ4v) is 4.48. The van der Waals surface area contributed by atoms with Crippen LogP contribution in [0.1, 0.15) is 6.42 Å². The number of anilines is 1. The standard InChI is InChI=1S/C16H17NO5/c1-22-10-5-3-2-4-9(10)17-15(20)11-7-6-8(12(11)16(17)21)14(19)13(7)18/h2-5,7-8,11-14,18-19H,6H2,1H3/t7-,8-,11-,12+,13-,14-/m0/s1. The van der Waals surface area contributed by atoms with Gasteiger partial charge in [0.2, 0.25) is 11.8 Å². The molecule has 2 N–H and O–H groups in total. The number of hydrogen-bond acceptors (Lipinski definition) is 5. The molecule has 3 fully saturated rings. The molecule has 0 radical (unpaired) electrons. The van der Waals surface area contributed by atoms with E-state index in [2.05, 4.69) is 0 Å². The van der Waals surface area contributed by atoms with Crippen LogP contribution in [-0.4, -0.2) is 41.3 Å². The van der Waals surface area contributed by atoms with Gasteiger partial charge in [0.25, 0.3) is 0 Å². The number of ether oxygens (including phenoxy) is 1. The van der Waals surface area contributed by atoms with Gasteiger partial charge in [0.15, 0.2) is 0 Å². The summed E-state index contributed by atoms with van der Waals surface area (Å²) < 4.78 is 5.24. The maximum absolute atomic E-state index is 12.8. The number of fused-ring (bicyclic) bond motifs is 5. The van der Waals surface area contributed by atoms with Crippen LogP contribution in [0.2, 0.25) is 0 Å². The summed E-state index contributed by atoms with van der Waals surface area (Å²) in [5.74, 6) is -1.85. The lowest BCUT2D eigenvalue weighted by molar-refractivity contribution is -0.129. The third-order valence-corrected chi connectivity index (χ3v) is 5.42. The average Bonchev–Trinajstić information content (AvgIpc) is 3.12. The van der Waals surface area contributed by atoms with Crippen molar-refractivity contribution in [2.75, 3.05) is 12.0 Å². The monoisotopic (exact) mass is 303 g/mol. The van der Waals surface area contributed by atoms with Crippen LogP contribution in [-0.2, 0) is 9.59 Å². The first-order chi connectivity index (χ1) is 10.6. The summed E-state index contributed by atoms with van der Waals surface area (Å²) in [4.78, 5) is 26.7. The molecule has 0 aromatic heterocycles. The number of hydrogen-bond donors (Lipinski definition) is 2. The van der Waals surface area contributed by atoms with Gasteiger partial charge in [0.05, 0.1) is 36.8 Å². The fourth-order valence-electron chi connectivity index (χ4n) is 4.48. The summed E-state index contributed by atoms with van der Waals surface area (Å²) in [7, 11) is 1.49. The molecular formula is C16H17NO5. The van der Waals surface area contributed by atoms with E-state index in [1.807, 2.05) is 0 Å². The Hall–Kier alpha value is -1.92. The minimum absolute atomic E-state index is 0.294. The number of carbonyl (C=O) groups is 2. The van der Waals surface area contributed by atoms with Gasteiger partial charge >= 0.3 is 0 Å². The quantitative estimate of drug-likeness (QED) is 0.761. The van der Waals surface area contributed by atoms with E-state index in [9.17, 15) is 19.8 Å². The number of imide groups is 1. The van der Waals surface area contributed by atoms with E-state index < -0.39 is 24.0 Å². The second-order valence-corrected chi connectivity index (χ2v) is 6.28. The molecule has 1 heterocycles. The number of nitrogens with zero attached hydrogens (tertiary/aromatic N) is 1. The van der Waals surface area contributed by atoms with Crippen molar-refractivity contribution in [2.24, 2.45) is 23.7 Å². The zero-order chi connectivity index (χ0) is 15.6. The van der Waals surface area contributed by atoms with E-state index in [0.717, 1.165) is 4.90 Å². The Morgan fingerprint density at radius 1 is 1.05 bits per heavy atom. The molecular weight excluding hydrogens is 286 g/mol. The molecule has 1 saturated heterocycles. The summed E-state index contributed by atoms with van der Waals surface area (Å²) in [6.07, 6.45) is -1.30. The van der Waals surface area contributed by atoms with Gasteiger partial charge < -0.3 is 14.9 Å². The first-order valence-electron chi connectivity index (χ1n) is 7.43. The van der Waals surface area contributed by atoms with E-state index in [1.54, 1.807) is 24.3 Å². The van der Waals surface area contributed by atoms with Crippen molar-refractivity contribution in [3.8, 4) is 5.75 Å². The molecule has 1 aliphatic heterocycles. The van der Waals surface area contributed by atoms with Crippen LogP contribution < -0.4 is 9.64 Å². The maximum Gasteiger partial charge on any atom is 0.238 e. The molecule has 22 heavy (non-hydrogen) atoms. The number of carbonyl (C=O) groups excluding carboxylic acids is 2. The second kappa shape index (κ2) is 4.54. The zero-order valence-corrected chi connectivity index (χ0v) is 12.0. The highest BCUT2D eigenvalue weighted by Crippen LogP contribution is 2.57. The van der Waals surface area contributed by atoms with Crippen molar-refractivity contribution in [1.29, 1.82) is 0 Å². The molecule has 116 valence electrons. The van der Waals surface area contributed by atoms with Crippen LogP contribution in [0.25, 0.3) is 0 Å². The van der Waals surface area contributed by atoms with E-state index in [0.29, 0.717) is 17.9 Å². The van der Waals surface area contributed by atoms with Crippen LogP contribution in [0.15, 0.2) is 24.3 Å². The molecule has 2 bridgehead atoms. The SMILES string of the molecule is COc1ccccc1N1C(=O)[C@@H]2[C@@H]3C[C@H]([C@H](O)[C@H]3O)[C@@H]2C1=O. The van der Waals surface area contributed by atoms with Crippen molar-refractivity contribution in [3.05, 3.63) is 24.3 Å². The Labute approximate surface area is 127 Å². The molecule has 6 atom stereocenters. The number of amides is 2. The number of rotatable bonds is 2. The van der Waals surface area contributed by atoms with Gasteiger partial charge in [-0.25, -0.2) is 4.90 Å². The van der Waals surface area contributed by atoms with E-state index in [4.69, 9.17) is 4.74 Å². The smallest absolute Gasteiger partial charge is 0.238 e. The van der Waals surface area contributed by atoms with Crippen molar-refractivity contribution < 1.29 is 24.5 Å². The minimum atomic E-state index is -0.916. The number of benzene rings is 1. The Kier molecular flexibility index (Phi) is 2.83. The summed E-state index contributed by atoms with van der Waals surface area (Å²) in [5.41, 5.74) is 0.428. The molecule has 2 aliphatic carbocycles. The van der Waals surface area contributed by atoms with Crippen LogP contribution in [0.3, 0.4) is 0 Å². The van der Waals surface area contributed by atoms with Crippen molar-refractivity contribution in [2.45, 2.75) is 18.6 Å². The molecule has 3 aliphatic rings. The topological polar surface area (TPSA) is 87.1 Å². The summed E-state index contributed by atoms with van der Waals surface area (Å²) >= 11 is 0. The number of para-hydroxylation sites is 2. The lowest BCUT2D eigenvalue weighted by Gasteiger charge is -2.29. The molecule has 2 saturated carbocycles. The third-order valence-electron chi connectivity index (χ3n) is 5.42. The lowest BCUT2D eigenvalue weighted by atomic mass is 9.78. The Bertz CT molecular complexity index is 628. The summed E-state index contributed by atoms with van der Waals surface area (Å²) in [6, 6.07) is 6.88. The normalized spacial score (nSPS) is 39.5. The van der Waals surface area contributed by atoms with Gasteiger partial charge in [0.1, 0.15) is 5.75 Å². The Morgan fingerprint density at radius 3 is 2.14 bits per heavy atom. The molecule has 2 amide bonds. The van der Waals surface area contributed by atoms with Gasteiger partial charge in [-0.15, -0.1) is 0 Å². The third kappa shape index (κ3) is 1.51. The van der Waals surface area contributed by atoms with Gasteiger partial charge in [-0.3, -0.25) is 9.59 Å². The number of aliphatic hydroxyl groups excluding tert-OH is 2. The molecule has 0 spiro atoms. The molecule has 6 heteroatoms. The predicted molar refractivity (Wildman–Crippen MR) is 76.1 cm³/mol. The van der Waals surface area contributed by atoms with Crippen LogP contribution in [0.4, 0.5) is 5.69 Å². The largest absolute Gasteiger partial charge is 0.495 e. The highest BCUT2D eigenvalue weighted by Gasteiger charge is 2.67. The highest BCUT2D eigenvalue weighted by molar-refractivity contribution is 6.23. The van der Waals surface area contributed by atoms with Crippen LogP contribution in [0, 0.1) is 23.7 Å². The van der Waals surface area contributed by atoms with Gasteiger partial charge in [-0.05, 0) is 18.6 Å². The molecule has 6 nitrogen and oxygen atoms in total. The lowest BCUT2D eigenvalue weighted by Crippen LogP contribution is -2.43. The summed E-state index contributed by atoms with van der Waals surface area (Å²) in [5, 5.41) is 20.1. The fraction of sp³-hybridized carbons (Fsp3) is 0.500. The average molecular weight is 303 g/mol. The van der Waals surface area contributed by atoms with E-state index >= 15 is 0 Å². The first kappa shape index (κ1) is 13.7. The van der Waals surface area contributed by atoms with Crippen LogP contribution >= 0.6 is 0 Å². The predicted octanol–water partition coefficient (Wildman–Crippen LogP) is 0.172. The van der Waals surface area contributed by atoms with Crippen molar-refractivity contribution in [3.63, 3.8) is 0 Å². The van der Waals surface area contributed by atoms with E-state index in [1.165, 1.54) is 7.11 Å². The Morgan fingerprint density at radius 2 is 1.59 bits per heavy atom. The number of aliphatic hydroxyl groups is 2. The maximum atomic E-state index is 12.8. The Balaban J connectivity index is 1.76. The van der Waals surface area contributed by atoms with Gasteiger partial charge in [-0.1, -0.05) is 12.1 Å². The van der Waals surface area contributed by atoms with Gasteiger partial charge in [0, 0.05) is 11.8 Å². The van der Waals surface area contributed by atoms with Crippen molar-refractivity contribution >= 4 is 17.5 Å². The molecule has 4 rings (SSSR count). The zero-order valence-electron chi connectivity index (χ0n) is 12.0. The minimum Gasteiger partial charge on any atom is -0.495 e. The molecule has 1 aromatic rings. The second-order valence-electron chi connectivity index (χ2n) is 6.28. The van der Waals surface area contributed by atoms with Crippen molar-refractivity contribution in [1.82, 2.24) is 0 Å². The van der Waals surface area contributed by atoms with Gasteiger partial charge in [-0.2, -0.15) is 0 Å². The van der Waals surface area contributed by atoms with Crippen LogP contribution in [0.5, 0.6) is 5.75 Å². The molecule has 0 unspecified atom stereocenters. The summed E-state index contributed by atoms with van der Waals surface area (Å²) in [6.45, 7) is 0. The first-order valence-corrected chi connectivity index (χ1v) is 7.43. The van der Waals surface area contributed by atoms with E-state index in [-0.39, 0.29) is 23.7 Å². The molecule has 1 aromatic carbocycles. The highest BCUT2D eigenvalue weighted by atomic mass is 16.5.